The van der Waals surface area contributed by atoms with E-state index in [2.05, 4.69) is 32.9 Å². The Balaban J connectivity index is 2.71. The van der Waals surface area contributed by atoms with Gasteiger partial charge in [-0.15, -0.1) is 0 Å². The van der Waals surface area contributed by atoms with Crippen molar-refractivity contribution in [3.63, 3.8) is 0 Å². The third-order valence-corrected chi connectivity index (χ3v) is 2.11. The Hall–Kier alpha value is -0.763. The minimum absolute atomic E-state index is 0.0906. The van der Waals surface area contributed by atoms with Crippen LogP contribution < -0.4 is 9.92 Å². The Bertz CT molecular complexity index is 246. The topological polar surface area (TPSA) is 9.23 Å². The fourth-order valence-electron chi connectivity index (χ4n) is 0.960. The van der Waals surface area contributed by atoms with Crippen LogP contribution in [0.25, 0.3) is 0 Å². The summed E-state index contributed by atoms with van der Waals surface area (Å²) in [5.41, 5.74) is -0.0906. The van der Waals surface area contributed by atoms with Crippen LogP contribution in [0.2, 0.25) is 0 Å². The molecule has 0 aliphatic rings. The quantitative estimate of drug-likeness (QED) is 0.582. The van der Waals surface area contributed by atoms with E-state index in [-0.39, 0.29) is 5.60 Å². The lowest BCUT2D eigenvalue weighted by molar-refractivity contribution is 0.131. The molecule has 0 saturated heterocycles. The number of ether oxygens (including phenoxy) is 1. The van der Waals surface area contributed by atoms with E-state index >= 15 is 0 Å². The fourth-order valence-corrected chi connectivity index (χ4v) is 1.29. The van der Waals surface area contributed by atoms with Crippen molar-refractivity contribution in [2.45, 2.75) is 26.4 Å². The summed E-state index contributed by atoms with van der Waals surface area (Å²) in [5, 5.41) is 1.40. The SMILES string of the molecule is CC(C)(C)Oc1ccc([SiH3])cc1. The van der Waals surface area contributed by atoms with Crippen LogP contribution in [0, 0.1) is 0 Å². The van der Waals surface area contributed by atoms with E-state index in [0.29, 0.717) is 0 Å². The predicted molar refractivity (Wildman–Crippen MR) is 56.4 cm³/mol. The highest BCUT2D eigenvalue weighted by Crippen LogP contribution is 2.15. The van der Waals surface area contributed by atoms with E-state index in [0.717, 1.165) is 16.0 Å². The monoisotopic (exact) mass is 180 g/mol. The molecule has 66 valence electrons. The summed E-state index contributed by atoms with van der Waals surface area (Å²) in [6.45, 7) is 6.17. The second kappa shape index (κ2) is 3.31. The van der Waals surface area contributed by atoms with E-state index in [1.807, 2.05) is 12.1 Å². The highest BCUT2D eigenvalue weighted by Gasteiger charge is 2.10. The second-order valence-electron chi connectivity index (χ2n) is 4.03. The Morgan fingerprint density at radius 3 is 2.00 bits per heavy atom. The molecule has 0 bridgehead atoms. The van der Waals surface area contributed by atoms with Crippen LogP contribution in [-0.4, -0.2) is 15.8 Å². The van der Waals surface area contributed by atoms with Gasteiger partial charge in [-0.25, -0.2) is 0 Å². The number of benzene rings is 1. The molecule has 1 aromatic rings. The van der Waals surface area contributed by atoms with Crippen molar-refractivity contribution < 1.29 is 4.74 Å². The first kappa shape index (κ1) is 9.33. The van der Waals surface area contributed by atoms with Crippen LogP contribution in [0.3, 0.4) is 0 Å². The first-order valence-corrected chi connectivity index (χ1v) is 5.23. The maximum Gasteiger partial charge on any atom is 0.120 e. The first-order chi connectivity index (χ1) is 5.47. The van der Waals surface area contributed by atoms with Gasteiger partial charge in [0.2, 0.25) is 0 Å². The largest absolute Gasteiger partial charge is 0.488 e. The van der Waals surface area contributed by atoms with Crippen LogP contribution in [0.5, 0.6) is 5.75 Å². The molecule has 1 rings (SSSR count). The smallest absolute Gasteiger partial charge is 0.120 e. The minimum atomic E-state index is -0.0906. The molecule has 0 saturated carbocycles. The molecular weight excluding hydrogens is 164 g/mol. The number of hydrogen-bond acceptors (Lipinski definition) is 1. The summed E-state index contributed by atoms with van der Waals surface area (Å²) in [7, 11) is 1.11. The summed E-state index contributed by atoms with van der Waals surface area (Å²) in [4.78, 5) is 0. The Morgan fingerprint density at radius 1 is 1.08 bits per heavy atom. The summed E-state index contributed by atoms with van der Waals surface area (Å²) < 4.78 is 5.67. The summed E-state index contributed by atoms with van der Waals surface area (Å²) >= 11 is 0. The summed E-state index contributed by atoms with van der Waals surface area (Å²) in [6.07, 6.45) is 0. The molecule has 0 atom stereocenters. The molecule has 0 heterocycles. The zero-order valence-electron chi connectivity index (χ0n) is 8.22. The molecule has 0 aromatic heterocycles. The van der Waals surface area contributed by atoms with Crippen molar-refractivity contribution in [1.29, 1.82) is 0 Å². The normalized spacial score (nSPS) is 11.6. The molecular formula is C10H16OSi. The average Bonchev–Trinajstić information content (AvgIpc) is 1.91. The van der Waals surface area contributed by atoms with Crippen LogP contribution >= 0.6 is 0 Å². The maximum absolute atomic E-state index is 5.67. The van der Waals surface area contributed by atoms with Gasteiger partial charge in [0.25, 0.3) is 0 Å². The predicted octanol–water partition coefficient (Wildman–Crippen LogP) is 0.855. The second-order valence-corrected chi connectivity index (χ2v) is 5.18. The molecule has 0 spiro atoms. The van der Waals surface area contributed by atoms with E-state index < -0.39 is 0 Å². The maximum atomic E-state index is 5.67. The third-order valence-electron chi connectivity index (χ3n) is 1.45. The summed E-state index contributed by atoms with van der Waals surface area (Å²) in [6, 6.07) is 8.31. The van der Waals surface area contributed by atoms with Gasteiger partial charge in [-0.2, -0.15) is 0 Å². The first-order valence-electron chi connectivity index (χ1n) is 4.23. The van der Waals surface area contributed by atoms with Gasteiger partial charge < -0.3 is 4.74 Å². The van der Waals surface area contributed by atoms with Gasteiger partial charge in [-0.05, 0) is 32.9 Å². The lowest BCUT2D eigenvalue weighted by Crippen LogP contribution is -2.23. The molecule has 0 fully saturated rings. The van der Waals surface area contributed by atoms with Crippen LogP contribution in [0.4, 0.5) is 0 Å². The molecule has 12 heavy (non-hydrogen) atoms. The Labute approximate surface area is 77.2 Å². The van der Waals surface area contributed by atoms with Crippen LogP contribution in [0.15, 0.2) is 24.3 Å². The van der Waals surface area contributed by atoms with Crippen molar-refractivity contribution in [2.75, 3.05) is 0 Å². The highest BCUT2D eigenvalue weighted by atomic mass is 28.1. The van der Waals surface area contributed by atoms with E-state index in [9.17, 15) is 0 Å². The van der Waals surface area contributed by atoms with Gasteiger partial charge in [-0.1, -0.05) is 17.3 Å². The van der Waals surface area contributed by atoms with Gasteiger partial charge in [0.1, 0.15) is 11.4 Å². The van der Waals surface area contributed by atoms with Crippen molar-refractivity contribution in [2.24, 2.45) is 0 Å². The molecule has 2 heteroatoms. The van der Waals surface area contributed by atoms with E-state index in [1.54, 1.807) is 0 Å². The minimum Gasteiger partial charge on any atom is -0.488 e. The lowest BCUT2D eigenvalue weighted by Gasteiger charge is -2.21. The van der Waals surface area contributed by atoms with Gasteiger partial charge in [0.15, 0.2) is 0 Å². The standard InChI is InChI=1S/C10H16OSi/c1-10(2,3)11-8-4-6-9(12)7-5-8/h4-7H,1-3,12H3. The molecule has 0 amide bonds. The van der Waals surface area contributed by atoms with Gasteiger partial charge in [-0.3, -0.25) is 0 Å². The Kier molecular flexibility index (Phi) is 2.57. The molecule has 1 nitrogen and oxygen atoms in total. The zero-order chi connectivity index (χ0) is 9.19. The van der Waals surface area contributed by atoms with Gasteiger partial charge in [0.05, 0.1) is 0 Å². The molecule has 0 N–H and O–H groups in total. The molecule has 0 aliphatic carbocycles. The fraction of sp³-hybridized carbons (Fsp3) is 0.400. The van der Waals surface area contributed by atoms with Crippen LogP contribution in [-0.2, 0) is 0 Å². The number of rotatable bonds is 1. The van der Waals surface area contributed by atoms with Gasteiger partial charge in [0, 0.05) is 10.2 Å². The summed E-state index contributed by atoms with van der Waals surface area (Å²) in [5.74, 6) is 0.960. The third kappa shape index (κ3) is 3.09. The average molecular weight is 180 g/mol. The molecule has 1 aromatic carbocycles. The van der Waals surface area contributed by atoms with E-state index in [1.165, 1.54) is 5.19 Å². The van der Waals surface area contributed by atoms with Crippen molar-refractivity contribution in [1.82, 2.24) is 0 Å². The van der Waals surface area contributed by atoms with Gasteiger partial charge >= 0.3 is 0 Å². The zero-order valence-corrected chi connectivity index (χ0v) is 10.2. The van der Waals surface area contributed by atoms with Crippen molar-refractivity contribution >= 4 is 15.4 Å². The van der Waals surface area contributed by atoms with Crippen molar-refractivity contribution in [3.05, 3.63) is 24.3 Å². The van der Waals surface area contributed by atoms with E-state index in [4.69, 9.17) is 4.74 Å². The highest BCUT2D eigenvalue weighted by molar-refractivity contribution is 6.32. The molecule has 0 aliphatic heterocycles. The molecule has 0 unspecified atom stereocenters. The molecule has 0 radical (unpaired) electrons. The van der Waals surface area contributed by atoms with Crippen LogP contribution in [0.1, 0.15) is 20.8 Å². The number of hydrogen-bond donors (Lipinski definition) is 0. The lowest BCUT2D eigenvalue weighted by atomic mass is 10.2. The Morgan fingerprint density at radius 2 is 1.58 bits per heavy atom. The van der Waals surface area contributed by atoms with Crippen molar-refractivity contribution in [3.8, 4) is 5.75 Å².